The highest BCUT2D eigenvalue weighted by atomic mass is 32.2. The summed E-state index contributed by atoms with van der Waals surface area (Å²) in [5.74, 6) is -0.502. The Bertz CT molecular complexity index is 2150. The highest BCUT2D eigenvalue weighted by Gasteiger charge is 2.29. The Morgan fingerprint density at radius 1 is 0.760 bits per heavy atom. The summed E-state index contributed by atoms with van der Waals surface area (Å²) in [5.41, 5.74) is 3.21. The van der Waals surface area contributed by atoms with Crippen molar-refractivity contribution in [1.29, 1.82) is 0 Å². The Kier molecular flexibility index (Phi) is 10.4. The maximum absolute atomic E-state index is 13.7. The molecule has 11 nitrogen and oxygen atoms in total. The number of benzene rings is 3. The number of fused-ring (bicyclic) bond motifs is 5. The van der Waals surface area contributed by atoms with E-state index < -0.39 is 37.4 Å². The molecule has 50 heavy (non-hydrogen) atoms. The zero-order chi connectivity index (χ0) is 36.6. The van der Waals surface area contributed by atoms with Gasteiger partial charge in [0.1, 0.15) is 11.3 Å². The molecule has 13 heteroatoms. The van der Waals surface area contributed by atoms with E-state index in [2.05, 4.69) is 10.6 Å². The zero-order valence-electron chi connectivity index (χ0n) is 29.7. The van der Waals surface area contributed by atoms with Crippen molar-refractivity contribution in [3.05, 3.63) is 71.3 Å². The molecule has 1 aliphatic rings. The van der Waals surface area contributed by atoms with Gasteiger partial charge in [-0.05, 0) is 70.4 Å². The molecule has 3 aromatic carbocycles. The van der Waals surface area contributed by atoms with Gasteiger partial charge in [-0.2, -0.15) is 0 Å². The number of aryl methyl sites for hydroxylation is 1. The van der Waals surface area contributed by atoms with Crippen LogP contribution in [0.1, 0.15) is 79.2 Å². The molecular formula is C37H46N4O7S2. The molecule has 1 aromatic heterocycles. The summed E-state index contributed by atoms with van der Waals surface area (Å²) in [5, 5.41) is 6.09. The fraction of sp³-hybridized carbons (Fsp3) is 0.405. The van der Waals surface area contributed by atoms with Crippen LogP contribution in [0.25, 0.3) is 33.4 Å². The number of amides is 2. The molecule has 268 valence electrons. The third-order valence-electron chi connectivity index (χ3n) is 8.63. The maximum atomic E-state index is 13.7. The maximum Gasteiger partial charge on any atom is 0.255 e. The Hall–Kier alpha value is -4.36. The molecule has 1 aliphatic heterocycles. The van der Waals surface area contributed by atoms with Gasteiger partial charge in [0.05, 0.1) is 29.4 Å². The molecule has 0 aliphatic carbocycles. The van der Waals surface area contributed by atoms with Gasteiger partial charge < -0.3 is 15.1 Å². The van der Waals surface area contributed by atoms with Gasteiger partial charge in [0, 0.05) is 53.8 Å². The first-order valence-corrected chi connectivity index (χ1v) is 20.4. The summed E-state index contributed by atoms with van der Waals surface area (Å²) < 4.78 is 62.5. The predicted molar refractivity (Wildman–Crippen MR) is 200 cm³/mol. The van der Waals surface area contributed by atoms with Crippen LogP contribution in [0.15, 0.2) is 59.0 Å². The Morgan fingerprint density at radius 3 is 1.94 bits per heavy atom. The molecule has 0 atom stereocenters. The quantitative estimate of drug-likeness (QED) is 0.241. The molecule has 2 heterocycles. The minimum Gasteiger partial charge on any atom is -0.455 e. The molecular weight excluding hydrogens is 677 g/mol. The minimum absolute atomic E-state index is 0.192. The van der Waals surface area contributed by atoms with E-state index in [9.17, 15) is 26.4 Å². The number of hydrogen-bond donors (Lipinski definition) is 2. The van der Waals surface area contributed by atoms with Crippen LogP contribution in [-0.4, -0.2) is 66.8 Å². The number of sulfonamides is 2. The lowest BCUT2D eigenvalue weighted by Crippen LogP contribution is -2.40. The molecule has 4 aromatic rings. The number of rotatable bonds is 5. The van der Waals surface area contributed by atoms with Crippen molar-refractivity contribution < 1.29 is 30.8 Å². The number of carbonyl (C=O) groups excluding carboxylic acids is 2. The topological polar surface area (TPSA) is 146 Å². The van der Waals surface area contributed by atoms with Crippen molar-refractivity contribution in [2.24, 2.45) is 0 Å². The second kappa shape index (κ2) is 14.1. The van der Waals surface area contributed by atoms with E-state index in [1.807, 2.05) is 52.0 Å². The van der Waals surface area contributed by atoms with Crippen LogP contribution in [0.4, 0.5) is 11.4 Å². The highest BCUT2D eigenvalue weighted by molar-refractivity contribution is 7.92. The summed E-state index contributed by atoms with van der Waals surface area (Å²) >= 11 is 0. The van der Waals surface area contributed by atoms with Crippen LogP contribution in [0, 0.1) is 6.92 Å². The van der Waals surface area contributed by atoms with Crippen molar-refractivity contribution in [1.82, 2.24) is 10.6 Å². The van der Waals surface area contributed by atoms with E-state index in [4.69, 9.17) is 4.42 Å². The van der Waals surface area contributed by atoms with Crippen LogP contribution in [0.5, 0.6) is 0 Å². The van der Waals surface area contributed by atoms with Gasteiger partial charge in [-0.15, -0.1) is 0 Å². The van der Waals surface area contributed by atoms with E-state index in [0.717, 1.165) is 37.3 Å². The summed E-state index contributed by atoms with van der Waals surface area (Å²) in [6.45, 7) is 7.90. The number of carbonyl (C=O) groups is 2. The van der Waals surface area contributed by atoms with Crippen LogP contribution in [0.3, 0.4) is 0 Å². The third-order valence-corrected chi connectivity index (χ3v) is 11.0. The summed E-state index contributed by atoms with van der Waals surface area (Å²) in [6.07, 6.45) is 5.70. The average Bonchev–Trinajstić information content (AvgIpc) is 3.39. The minimum atomic E-state index is -3.84. The fourth-order valence-corrected chi connectivity index (χ4v) is 8.19. The van der Waals surface area contributed by atoms with Crippen LogP contribution in [-0.2, 0) is 20.0 Å². The number of anilines is 2. The van der Waals surface area contributed by atoms with Gasteiger partial charge in [-0.1, -0.05) is 49.1 Å². The lowest BCUT2D eigenvalue weighted by atomic mass is 9.96. The predicted octanol–water partition coefficient (Wildman–Crippen LogP) is 6.46. The first-order valence-electron chi connectivity index (χ1n) is 16.7. The second-order valence-electron chi connectivity index (χ2n) is 14.0. The van der Waals surface area contributed by atoms with Crippen molar-refractivity contribution in [3.63, 3.8) is 0 Å². The number of furan rings is 1. The lowest BCUT2D eigenvalue weighted by Gasteiger charge is -2.28. The van der Waals surface area contributed by atoms with Gasteiger partial charge in [0.15, 0.2) is 0 Å². The number of nitrogens with zero attached hydrogens (tertiary/aromatic N) is 2. The zero-order valence-corrected chi connectivity index (χ0v) is 31.3. The molecule has 2 bridgehead atoms. The van der Waals surface area contributed by atoms with Gasteiger partial charge in [0.2, 0.25) is 20.0 Å². The smallest absolute Gasteiger partial charge is 0.255 e. The molecule has 2 N–H and O–H groups in total. The average molecular weight is 723 g/mol. The molecule has 0 saturated carbocycles. The first kappa shape index (κ1) is 36.9. The van der Waals surface area contributed by atoms with E-state index in [0.29, 0.717) is 46.3 Å². The van der Waals surface area contributed by atoms with Crippen LogP contribution < -0.4 is 19.2 Å². The van der Waals surface area contributed by atoms with Crippen LogP contribution >= 0.6 is 0 Å². The Balaban J connectivity index is 1.91. The molecule has 0 spiro atoms. The van der Waals surface area contributed by atoms with E-state index in [1.165, 1.54) is 15.7 Å². The van der Waals surface area contributed by atoms with Gasteiger partial charge in [-0.25, -0.2) is 16.8 Å². The van der Waals surface area contributed by atoms with E-state index in [1.54, 1.807) is 30.3 Å². The molecule has 0 saturated heterocycles. The van der Waals surface area contributed by atoms with E-state index >= 15 is 0 Å². The third kappa shape index (κ3) is 8.15. The standard InChI is InChI=1S/C37H46N4O7S2/c1-24-13-15-25(16-14-24)34-33(36(43)38-5)30-22-29-26-19-27(35(42)39-37(2,3)4)21-28(20-26)40(49(6,44)45)17-11-9-8-10-12-18-41(50(7,46)47)31(29)23-32(30)48-34/h13-16,19-23H,8-12,17-18H2,1-7H3,(H,38,43)(H,39,42). The molecule has 2 amide bonds. The monoisotopic (exact) mass is 722 g/mol. The normalized spacial score (nSPS) is 14.9. The molecule has 0 fully saturated rings. The lowest BCUT2D eigenvalue weighted by molar-refractivity contribution is 0.0918. The van der Waals surface area contributed by atoms with Crippen molar-refractivity contribution in [2.45, 2.75) is 65.3 Å². The summed E-state index contributed by atoms with van der Waals surface area (Å²) in [4.78, 5) is 27.2. The Morgan fingerprint density at radius 2 is 1.36 bits per heavy atom. The summed E-state index contributed by atoms with van der Waals surface area (Å²) in [7, 11) is -6.10. The first-order chi connectivity index (χ1) is 23.4. The number of nitrogens with one attached hydrogen (secondary N) is 2. The SMILES string of the molecule is CNC(=O)c1c(-c2ccc(C)cc2)oc2cc3c(cc12)-c1cc(C(=O)NC(C)(C)C)cc(c1)N(S(C)(=O)=O)CCCCCCCN3S(C)(=O)=O. The molecule has 0 unspecified atom stereocenters. The highest BCUT2D eigenvalue weighted by Crippen LogP contribution is 2.43. The van der Waals surface area contributed by atoms with Crippen molar-refractivity contribution >= 4 is 54.2 Å². The van der Waals surface area contributed by atoms with Gasteiger partial charge in [-0.3, -0.25) is 18.2 Å². The van der Waals surface area contributed by atoms with Crippen molar-refractivity contribution in [3.8, 4) is 22.5 Å². The summed E-state index contributed by atoms with van der Waals surface area (Å²) in [6, 6.07) is 15.7. The van der Waals surface area contributed by atoms with E-state index in [-0.39, 0.29) is 35.6 Å². The van der Waals surface area contributed by atoms with Gasteiger partial charge >= 0.3 is 0 Å². The molecule has 5 rings (SSSR count). The number of hydrogen-bond acceptors (Lipinski definition) is 7. The van der Waals surface area contributed by atoms with Crippen molar-refractivity contribution in [2.75, 3.05) is 41.3 Å². The largest absolute Gasteiger partial charge is 0.455 e. The van der Waals surface area contributed by atoms with Gasteiger partial charge in [0.25, 0.3) is 11.8 Å². The van der Waals surface area contributed by atoms with Crippen LogP contribution in [0.2, 0.25) is 0 Å². The Labute approximate surface area is 295 Å². The molecule has 0 radical (unpaired) electrons. The second-order valence-corrected chi connectivity index (χ2v) is 17.8. The fourth-order valence-electron chi connectivity index (χ4n) is 6.28.